The molecular weight excluding hydrogens is 264 g/mol. The summed E-state index contributed by atoms with van der Waals surface area (Å²) in [6.07, 6.45) is 3.05. The SMILES string of the molecule is NCC1CCCC1C(=O)N1CCSCC1CC(=O)O. The van der Waals surface area contributed by atoms with Crippen molar-refractivity contribution in [1.29, 1.82) is 0 Å². The lowest BCUT2D eigenvalue weighted by Crippen LogP contribution is -2.50. The van der Waals surface area contributed by atoms with Crippen molar-refractivity contribution in [3.8, 4) is 0 Å². The summed E-state index contributed by atoms with van der Waals surface area (Å²) in [6.45, 7) is 1.23. The molecule has 108 valence electrons. The van der Waals surface area contributed by atoms with Gasteiger partial charge in [0.05, 0.1) is 12.5 Å². The topological polar surface area (TPSA) is 83.6 Å². The van der Waals surface area contributed by atoms with Crippen LogP contribution in [0.25, 0.3) is 0 Å². The molecule has 6 heteroatoms. The Morgan fingerprint density at radius 2 is 2.16 bits per heavy atom. The summed E-state index contributed by atoms with van der Waals surface area (Å²) in [6, 6.07) is -0.150. The highest BCUT2D eigenvalue weighted by molar-refractivity contribution is 7.99. The van der Waals surface area contributed by atoms with E-state index in [1.54, 1.807) is 11.8 Å². The average molecular weight is 286 g/mol. The first kappa shape index (κ1) is 14.7. The van der Waals surface area contributed by atoms with Crippen molar-refractivity contribution >= 4 is 23.6 Å². The molecule has 1 saturated carbocycles. The van der Waals surface area contributed by atoms with Gasteiger partial charge in [-0.05, 0) is 25.3 Å². The van der Waals surface area contributed by atoms with Gasteiger partial charge in [-0.25, -0.2) is 0 Å². The van der Waals surface area contributed by atoms with Crippen molar-refractivity contribution in [2.75, 3.05) is 24.6 Å². The van der Waals surface area contributed by atoms with E-state index in [1.807, 2.05) is 4.90 Å². The van der Waals surface area contributed by atoms with Crippen LogP contribution in [0.1, 0.15) is 25.7 Å². The maximum absolute atomic E-state index is 12.6. The summed E-state index contributed by atoms with van der Waals surface area (Å²) in [5.74, 6) is 1.25. The van der Waals surface area contributed by atoms with E-state index in [9.17, 15) is 9.59 Å². The molecule has 1 aliphatic carbocycles. The molecule has 0 radical (unpaired) electrons. The molecular formula is C13H22N2O3S. The van der Waals surface area contributed by atoms with E-state index < -0.39 is 5.97 Å². The van der Waals surface area contributed by atoms with Gasteiger partial charge in [0.25, 0.3) is 0 Å². The fourth-order valence-corrected chi connectivity index (χ4v) is 4.24. The molecule has 0 aromatic rings. The predicted octanol–water partition coefficient (Wildman–Crippen LogP) is 0.780. The minimum atomic E-state index is -0.827. The molecule has 1 saturated heterocycles. The normalized spacial score (nSPS) is 31.4. The van der Waals surface area contributed by atoms with Crippen LogP contribution in [0.15, 0.2) is 0 Å². The van der Waals surface area contributed by atoms with Gasteiger partial charge in [0.2, 0.25) is 5.91 Å². The minimum absolute atomic E-state index is 0.0180. The van der Waals surface area contributed by atoms with Crippen LogP contribution in [0.2, 0.25) is 0 Å². The first-order valence-corrected chi connectivity index (χ1v) is 8.09. The lowest BCUT2D eigenvalue weighted by atomic mass is 9.94. The van der Waals surface area contributed by atoms with E-state index in [4.69, 9.17) is 10.8 Å². The van der Waals surface area contributed by atoms with Gasteiger partial charge >= 0.3 is 5.97 Å². The highest BCUT2D eigenvalue weighted by Gasteiger charge is 2.38. The van der Waals surface area contributed by atoms with Gasteiger partial charge in [0.1, 0.15) is 0 Å². The summed E-state index contributed by atoms with van der Waals surface area (Å²) in [5, 5.41) is 8.96. The fourth-order valence-electron chi connectivity index (χ4n) is 3.17. The Balaban J connectivity index is 2.04. The molecule has 3 atom stereocenters. The van der Waals surface area contributed by atoms with Gasteiger partial charge in [-0.15, -0.1) is 0 Å². The van der Waals surface area contributed by atoms with Crippen molar-refractivity contribution in [1.82, 2.24) is 4.90 Å². The number of aliphatic carboxylic acids is 1. The van der Waals surface area contributed by atoms with Crippen LogP contribution in [0.5, 0.6) is 0 Å². The zero-order valence-corrected chi connectivity index (χ0v) is 11.9. The fraction of sp³-hybridized carbons (Fsp3) is 0.846. The number of amides is 1. The predicted molar refractivity (Wildman–Crippen MR) is 75.0 cm³/mol. The van der Waals surface area contributed by atoms with Crippen molar-refractivity contribution in [2.24, 2.45) is 17.6 Å². The maximum atomic E-state index is 12.6. The molecule has 5 nitrogen and oxygen atoms in total. The molecule has 2 fully saturated rings. The molecule has 3 unspecified atom stereocenters. The van der Waals surface area contributed by atoms with Crippen LogP contribution in [-0.2, 0) is 9.59 Å². The molecule has 19 heavy (non-hydrogen) atoms. The lowest BCUT2D eigenvalue weighted by molar-refractivity contribution is -0.142. The third kappa shape index (κ3) is 3.42. The maximum Gasteiger partial charge on any atom is 0.305 e. The van der Waals surface area contributed by atoms with Crippen molar-refractivity contribution in [2.45, 2.75) is 31.7 Å². The molecule has 0 spiro atoms. The first-order chi connectivity index (χ1) is 9.13. The summed E-state index contributed by atoms with van der Waals surface area (Å²) < 4.78 is 0. The number of hydrogen-bond donors (Lipinski definition) is 2. The molecule has 1 heterocycles. The number of hydrogen-bond acceptors (Lipinski definition) is 4. The summed E-state index contributed by atoms with van der Waals surface area (Å²) >= 11 is 1.73. The Bertz CT molecular complexity index is 351. The Morgan fingerprint density at radius 3 is 2.84 bits per heavy atom. The van der Waals surface area contributed by atoms with Crippen LogP contribution >= 0.6 is 11.8 Å². The average Bonchev–Trinajstić information content (AvgIpc) is 2.86. The third-order valence-electron chi connectivity index (χ3n) is 4.20. The molecule has 2 aliphatic rings. The van der Waals surface area contributed by atoms with Crippen molar-refractivity contribution in [3.05, 3.63) is 0 Å². The molecule has 3 N–H and O–H groups in total. The van der Waals surface area contributed by atoms with Crippen molar-refractivity contribution in [3.63, 3.8) is 0 Å². The zero-order valence-electron chi connectivity index (χ0n) is 11.1. The number of carbonyl (C=O) groups excluding carboxylic acids is 1. The molecule has 1 aliphatic heterocycles. The summed E-state index contributed by atoms with van der Waals surface area (Å²) in [4.78, 5) is 25.3. The van der Waals surface area contributed by atoms with Crippen LogP contribution in [0.4, 0.5) is 0 Å². The highest BCUT2D eigenvalue weighted by Crippen LogP contribution is 2.34. The molecule has 0 bridgehead atoms. The van der Waals surface area contributed by atoms with E-state index in [-0.39, 0.29) is 30.2 Å². The molecule has 0 aromatic heterocycles. The number of rotatable bonds is 4. The van der Waals surface area contributed by atoms with Crippen LogP contribution < -0.4 is 5.73 Å². The van der Waals surface area contributed by atoms with Gasteiger partial charge in [-0.2, -0.15) is 11.8 Å². The second kappa shape index (κ2) is 6.61. The number of thioether (sulfide) groups is 1. The van der Waals surface area contributed by atoms with E-state index in [1.165, 1.54) is 0 Å². The van der Waals surface area contributed by atoms with E-state index in [0.717, 1.165) is 30.8 Å². The highest BCUT2D eigenvalue weighted by atomic mass is 32.2. The number of nitrogens with two attached hydrogens (primary N) is 1. The monoisotopic (exact) mass is 286 g/mol. The molecule has 2 rings (SSSR count). The van der Waals surface area contributed by atoms with E-state index in [2.05, 4.69) is 0 Å². The standard InChI is InChI=1S/C13H22N2O3S/c14-7-9-2-1-3-11(9)13(18)15-4-5-19-8-10(15)6-12(16)17/h9-11H,1-8,14H2,(H,16,17). The lowest BCUT2D eigenvalue weighted by Gasteiger charge is -2.37. The van der Waals surface area contributed by atoms with Crippen LogP contribution in [-0.4, -0.2) is 52.5 Å². The number of carboxylic acid groups (broad SMARTS) is 1. The summed E-state index contributed by atoms with van der Waals surface area (Å²) in [5.41, 5.74) is 5.74. The van der Waals surface area contributed by atoms with Gasteiger partial charge in [-0.1, -0.05) is 6.42 Å². The first-order valence-electron chi connectivity index (χ1n) is 6.93. The Kier molecular flexibility index (Phi) is 5.10. The van der Waals surface area contributed by atoms with Gasteiger partial charge in [-0.3, -0.25) is 9.59 Å². The third-order valence-corrected chi connectivity index (χ3v) is 5.29. The van der Waals surface area contributed by atoms with Gasteiger partial charge in [0, 0.05) is 24.0 Å². The van der Waals surface area contributed by atoms with Crippen LogP contribution in [0.3, 0.4) is 0 Å². The molecule has 0 aromatic carbocycles. The molecule has 1 amide bonds. The van der Waals surface area contributed by atoms with Crippen molar-refractivity contribution < 1.29 is 14.7 Å². The number of carboxylic acids is 1. The largest absolute Gasteiger partial charge is 0.481 e. The second-order valence-corrected chi connectivity index (χ2v) is 6.54. The second-order valence-electron chi connectivity index (χ2n) is 5.39. The van der Waals surface area contributed by atoms with E-state index >= 15 is 0 Å². The Morgan fingerprint density at radius 1 is 1.37 bits per heavy atom. The zero-order chi connectivity index (χ0) is 13.8. The van der Waals surface area contributed by atoms with Gasteiger partial charge < -0.3 is 15.7 Å². The Hall–Kier alpha value is -0.750. The summed E-state index contributed by atoms with van der Waals surface area (Å²) in [7, 11) is 0. The van der Waals surface area contributed by atoms with E-state index in [0.29, 0.717) is 13.1 Å². The number of carbonyl (C=O) groups is 2. The van der Waals surface area contributed by atoms with Crippen LogP contribution in [0, 0.1) is 11.8 Å². The minimum Gasteiger partial charge on any atom is -0.481 e. The smallest absolute Gasteiger partial charge is 0.305 e. The number of nitrogens with zero attached hydrogens (tertiary/aromatic N) is 1. The Labute approximate surface area is 117 Å². The quantitative estimate of drug-likeness (QED) is 0.798. The van der Waals surface area contributed by atoms with Gasteiger partial charge in [0.15, 0.2) is 0 Å².